The zero-order valence-electron chi connectivity index (χ0n) is 11.1. The first-order valence-corrected chi connectivity index (χ1v) is 7.64. The van der Waals surface area contributed by atoms with E-state index >= 15 is 0 Å². The molecule has 0 spiro atoms. The number of alkyl halides is 3. The van der Waals surface area contributed by atoms with Crippen LogP contribution in [0.2, 0.25) is 0 Å². The van der Waals surface area contributed by atoms with E-state index in [0.717, 1.165) is 6.26 Å². The molecule has 0 fully saturated rings. The second-order valence-corrected chi connectivity index (χ2v) is 6.26. The Hall–Kier alpha value is -2.47. The Morgan fingerprint density at radius 2 is 1.73 bits per heavy atom. The predicted molar refractivity (Wildman–Crippen MR) is 71.8 cm³/mol. The maximum Gasteiger partial charge on any atom is 0.433 e. The van der Waals surface area contributed by atoms with Crippen LogP contribution in [-0.2, 0) is 16.0 Å². The molecule has 5 nitrogen and oxygen atoms in total. The van der Waals surface area contributed by atoms with Gasteiger partial charge in [-0.15, -0.1) is 0 Å². The van der Waals surface area contributed by atoms with Gasteiger partial charge in [-0.1, -0.05) is 24.3 Å². The standard InChI is InChI=1S/C13H8F3N3O2S/c1-17-9-5-3-8(4-6-9)10-7-11(13(14,15)16)19-12(18-10)22(2,20)21/h3-7H,2H3. The fourth-order valence-corrected chi connectivity index (χ4v) is 2.12. The summed E-state index contributed by atoms with van der Waals surface area (Å²) in [6, 6.07) is 6.25. The topological polar surface area (TPSA) is 64.3 Å². The lowest BCUT2D eigenvalue weighted by Crippen LogP contribution is -2.14. The summed E-state index contributed by atoms with van der Waals surface area (Å²) < 4.78 is 61.5. The van der Waals surface area contributed by atoms with Crippen molar-refractivity contribution in [1.82, 2.24) is 9.97 Å². The number of nitrogens with zero attached hydrogens (tertiary/aromatic N) is 3. The first kappa shape index (κ1) is 15.9. The van der Waals surface area contributed by atoms with E-state index in [4.69, 9.17) is 6.57 Å². The molecule has 0 N–H and O–H groups in total. The summed E-state index contributed by atoms with van der Waals surface area (Å²) in [6.45, 7) is 6.82. The van der Waals surface area contributed by atoms with Gasteiger partial charge in [0.2, 0.25) is 15.0 Å². The summed E-state index contributed by atoms with van der Waals surface area (Å²) in [7, 11) is -4.00. The van der Waals surface area contributed by atoms with Crippen LogP contribution in [0.25, 0.3) is 16.1 Å². The van der Waals surface area contributed by atoms with E-state index in [2.05, 4.69) is 14.8 Å². The summed E-state index contributed by atoms with van der Waals surface area (Å²) >= 11 is 0. The average Bonchev–Trinajstić information content (AvgIpc) is 2.45. The molecule has 2 aromatic rings. The summed E-state index contributed by atoms with van der Waals surface area (Å²) in [5, 5.41) is -0.897. The molecule has 0 amide bonds. The molecule has 22 heavy (non-hydrogen) atoms. The highest BCUT2D eigenvalue weighted by molar-refractivity contribution is 7.90. The Balaban J connectivity index is 2.67. The molecule has 0 bridgehead atoms. The minimum Gasteiger partial charge on any atom is -0.238 e. The molecule has 0 saturated carbocycles. The minimum atomic E-state index is -4.80. The molecular formula is C13H8F3N3O2S. The van der Waals surface area contributed by atoms with Crippen LogP contribution in [0.4, 0.5) is 18.9 Å². The van der Waals surface area contributed by atoms with Crippen LogP contribution in [0.3, 0.4) is 0 Å². The SMILES string of the molecule is [C-]#[N+]c1ccc(-c2cc(C(F)(F)F)nc(S(C)(=O)=O)n2)cc1. The van der Waals surface area contributed by atoms with Gasteiger partial charge in [-0.3, -0.25) is 0 Å². The van der Waals surface area contributed by atoms with Crippen LogP contribution in [0.5, 0.6) is 0 Å². The highest BCUT2D eigenvalue weighted by Crippen LogP contribution is 2.31. The van der Waals surface area contributed by atoms with E-state index in [1.807, 2.05) is 0 Å². The van der Waals surface area contributed by atoms with Gasteiger partial charge in [0, 0.05) is 6.26 Å². The lowest BCUT2D eigenvalue weighted by molar-refractivity contribution is -0.141. The third kappa shape index (κ3) is 3.40. The first-order valence-electron chi connectivity index (χ1n) is 5.75. The molecule has 2 rings (SSSR count). The molecule has 0 unspecified atom stereocenters. The van der Waals surface area contributed by atoms with Crippen molar-refractivity contribution < 1.29 is 21.6 Å². The smallest absolute Gasteiger partial charge is 0.238 e. The fraction of sp³-hybridized carbons (Fsp3) is 0.154. The molecule has 1 aromatic heterocycles. The zero-order chi connectivity index (χ0) is 16.5. The Labute approximate surface area is 124 Å². The van der Waals surface area contributed by atoms with Gasteiger partial charge in [0.25, 0.3) is 0 Å². The highest BCUT2D eigenvalue weighted by Gasteiger charge is 2.34. The number of sulfone groups is 1. The van der Waals surface area contributed by atoms with Crippen LogP contribution < -0.4 is 0 Å². The van der Waals surface area contributed by atoms with Gasteiger partial charge < -0.3 is 0 Å². The molecule has 0 aliphatic heterocycles. The van der Waals surface area contributed by atoms with Crippen molar-refractivity contribution in [2.45, 2.75) is 11.3 Å². The van der Waals surface area contributed by atoms with E-state index in [1.54, 1.807) is 0 Å². The quantitative estimate of drug-likeness (QED) is 0.628. The molecule has 114 valence electrons. The van der Waals surface area contributed by atoms with Crippen LogP contribution in [0.15, 0.2) is 35.5 Å². The number of hydrogen-bond acceptors (Lipinski definition) is 4. The third-order valence-electron chi connectivity index (χ3n) is 2.62. The minimum absolute atomic E-state index is 0.181. The lowest BCUT2D eigenvalue weighted by atomic mass is 10.1. The van der Waals surface area contributed by atoms with Crippen molar-refractivity contribution in [1.29, 1.82) is 0 Å². The Morgan fingerprint density at radius 1 is 1.14 bits per heavy atom. The molecule has 9 heteroatoms. The monoisotopic (exact) mass is 327 g/mol. The van der Waals surface area contributed by atoms with Gasteiger partial charge in [-0.2, -0.15) is 13.2 Å². The van der Waals surface area contributed by atoms with E-state index in [1.165, 1.54) is 24.3 Å². The van der Waals surface area contributed by atoms with E-state index in [-0.39, 0.29) is 11.3 Å². The molecule has 0 atom stereocenters. The summed E-state index contributed by atoms with van der Waals surface area (Å²) in [6.07, 6.45) is -4.07. The molecule has 0 aliphatic carbocycles. The van der Waals surface area contributed by atoms with Gasteiger partial charge in [0.1, 0.15) is 5.69 Å². The largest absolute Gasteiger partial charge is 0.433 e. The second-order valence-electron chi connectivity index (χ2n) is 4.35. The van der Waals surface area contributed by atoms with Crippen molar-refractivity contribution >= 4 is 15.5 Å². The van der Waals surface area contributed by atoms with Crippen LogP contribution >= 0.6 is 0 Å². The summed E-state index contributed by atoms with van der Waals surface area (Å²) in [4.78, 5) is 9.89. The Morgan fingerprint density at radius 3 is 2.18 bits per heavy atom. The van der Waals surface area contributed by atoms with E-state index < -0.39 is 26.9 Å². The Bertz CT molecular complexity index is 854. The van der Waals surface area contributed by atoms with Gasteiger partial charge in [-0.25, -0.2) is 23.2 Å². The molecule has 0 aliphatic rings. The molecule has 1 heterocycles. The lowest BCUT2D eigenvalue weighted by Gasteiger charge is -2.10. The summed E-state index contributed by atoms with van der Waals surface area (Å²) in [5.41, 5.74) is -0.964. The van der Waals surface area contributed by atoms with Crippen LogP contribution in [0, 0.1) is 6.57 Å². The third-order valence-corrected chi connectivity index (χ3v) is 3.47. The maximum absolute atomic E-state index is 12.8. The van der Waals surface area contributed by atoms with Gasteiger partial charge in [0.15, 0.2) is 5.69 Å². The summed E-state index contributed by atoms with van der Waals surface area (Å²) in [5.74, 6) is 0. The van der Waals surface area contributed by atoms with Gasteiger partial charge in [-0.05, 0) is 11.6 Å². The van der Waals surface area contributed by atoms with Gasteiger partial charge in [0.05, 0.1) is 12.3 Å². The predicted octanol–water partition coefficient (Wildman–Crippen LogP) is 3.12. The van der Waals surface area contributed by atoms with Gasteiger partial charge >= 0.3 is 6.18 Å². The normalized spacial score (nSPS) is 12.0. The maximum atomic E-state index is 12.8. The average molecular weight is 327 g/mol. The van der Waals surface area contributed by atoms with E-state index in [9.17, 15) is 21.6 Å². The molecule has 0 saturated heterocycles. The van der Waals surface area contributed by atoms with Crippen molar-refractivity contribution in [3.63, 3.8) is 0 Å². The van der Waals surface area contributed by atoms with Crippen molar-refractivity contribution in [2.75, 3.05) is 6.26 Å². The van der Waals surface area contributed by atoms with Crippen molar-refractivity contribution in [2.24, 2.45) is 0 Å². The fourth-order valence-electron chi connectivity index (χ4n) is 1.59. The number of aromatic nitrogens is 2. The Kier molecular flexibility index (Phi) is 3.89. The van der Waals surface area contributed by atoms with E-state index in [0.29, 0.717) is 11.8 Å². The zero-order valence-corrected chi connectivity index (χ0v) is 11.9. The molecule has 0 radical (unpaired) electrons. The van der Waals surface area contributed by atoms with Crippen molar-refractivity contribution in [3.05, 3.63) is 47.4 Å². The molecular weight excluding hydrogens is 319 g/mol. The van der Waals surface area contributed by atoms with Crippen molar-refractivity contribution in [3.8, 4) is 11.3 Å². The van der Waals surface area contributed by atoms with Crippen LogP contribution in [-0.4, -0.2) is 24.6 Å². The highest BCUT2D eigenvalue weighted by atomic mass is 32.2. The number of hydrogen-bond donors (Lipinski definition) is 0. The number of rotatable bonds is 2. The molecule has 1 aromatic carbocycles. The number of halogens is 3. The second kappa shape index (κ2) is 5.38. The first-order chi connectivity index (χ1) is 10.1. The van der Waals surface area contributed by atoms with Crippen LogP contribution in [0.1, 0.15) is 5.69 Å². The number of benzene rings is 1.